The number of nitrogens with one attached hydrogen (secondary N) is 1. The molecule has 2 aromatic carbocycles. The first kappa shape index (κ1) is 24.0. The molecular weight excluding hydrogens is 486 g/mol. The van der Waals surface area contributed by atoms with Gasteiger partial charge in [0.2, 0.25) is 10.0 Å². The Balaban J connectivity index is 1.22. The zero-order valence-electron chi connectivity index (χ0n) is 19.5. The maximum atomic E-state index is 13.2. The Hall–Kier alpha value is -2.72. The highest BCUT2D eigenvalue weighted by Gasteiger charge is 2.39. The molecule has 2 aliphatic rings. The van der Waals surface area contributed by atoms with E-state index in [4.69, 9.17) is 11.6 Å². The first-order chi connectivity index (χ1) is 16.8. The van der Waals surface area contributed by atoms with E-state index in [1.54, 1.807) is 53.8 Å². The number of anilines is 1. The van der Waals surface area contributed by atoms with Gasteiger partial charge in [0, 0.05) is 55.8 Å². The molecule has 0 saturated carbocycles. The second-order valence-corrected chi connectivity index (χ2v) is 11.2. The van der Waals surface area contributed by atoms with E-state index in [1.807, 2.05) is 24.2 Å². The van der Waals surface area contributed by atoms with Crippen LogP contribution >= 0.6 is 11.6 Å². The Bertz CT molecular complexity index is 1330. The highest BCUT2D eigenvalue weighted by Crippen LogP contribution is 2.26. The predicted molar refractivity (Wildman–Crippen MR) is 137 cm³/mol. The number of nitrogens with zero attached hydrogens (tertiary/aromatic N) is 4. The lowest BCUT2D eigenvalue weighted by molar-refractivity contribution is -0.146. The van der Waals surface area contributed by atoms with Gasteiger partial charge < -0.3 is 4.90 Å². The Labute approximate surface area is 210 Å². The number of pyridine rings is 1. The summed E-state index contributed by atoms with van der Waals surface area (Å²) in [5.41, 5.74) is 1.16. The van der Waals surface area contributed by atoms with Crippen molar-refractivity contribution >= 4 is 44.0 Å². The van der Waals surface area contributed by atoms with Gasteiger partial charge in [0.1, 0.15) is 6.04 Å². The third-order valence-corrected chi connectivity index (χ3v) is 8.67. The molecule has 0 bridgehead atoms. The second-order valence-electron chi connectivity index (χ2n) is 9.07. The summed E-state index contributed by atoms with van der Waals surface area (Å²) in [7, 11) is -1.92. The zero-order valence-corrected chi connectivity index (χ0v) is 21.0. The number of fused-ring (bicyclic) bond motifs is 1. The van der Waals surface area contributed by atoms with Crippen molar-refractivity contribution in [1.82, 2.24) is 19.7 Å². The largest absolute Gasteiger partial charge is 0.371 e. The Morgan fingerprint density at radius 2 is 1.66 bits per heavy atom. The van der Waals surface area contributed by atoms with Crippen LogP contribution < -0.4 is 9.62 Å². The smallest absolute Gasteiger partial charge is 0.255 e. The average Bonchev–Trinajstić information content (AvgIpc) is 3.23. The standard InChI is InChI=1S/C25H28ClN5O3S/c1-29(21-8-13-30(14-9-21)22-6-11-27-12-7-22)31-15-10-24(25(31)32)28-35(33,34)23-5-3-18-16-20(26)4-2-19(18)17-23/h2-7,11-12,16-17,21,24,28H,8-10,13-15H2,1H3/t24-/m0/s1. The fourth-order valence-electron chi connectivity index (χ4n) is 4.95. The summed E-state index contributed by atoms with van der Waals surface area (Å²) in [4.78, 5) is 19.7. The number of carbonyl (C=O) groups is 1. The number of aromatic nitrogens is 1. The fourth-order valence-corrected chi connectivity index (χ4v) is 6.39. The van der Waals surface area contributed by atoms with Crippen molar-refractivity contribution in [3.63, 3.8) is 0 Å². The van der Waals surface area contributed by atoms with E-state index in [2.05, 4.69) is 14.6 Å². The summed E-state index contributed by atoms with van der Waals surface area (Å²) in [5, 5.41) is 5.92. The summed E-state index contributed by atoms with van der Waals surface area (Å²) in [6.07, 6.45) is 5.86. The molecule has 1 N–H and O–H groups in total. The van der Waals surface area contributed by atoms with Gasteiger partial charge in [-0.05, 0) is 66.4 Å². The summed E-state index contributed by atoms with van der Waals surface area (Å²) < 4.78 is 28.8. The minimum absolute atomic E-state index is 0.135. The first-order valence-corrected chi connectivity index (χ1v) is 13.6. The number of piperidine rings is 1. The van der Waals surface area contributed by atoms with Gasteiger partial charge in [-0.3, -0.25) is 14.8 Å². The van der Waals surface area contributed by atoms with Gasteiger partial charge >= 0.3 is 0 Å². The number of carbonyl (C=O) groups excluding carboxylic acids is 1. The number of hydrogen-bond acceptors (Lipinski definition) is 6. The second kappa shape index (κ2) is 9.73. The van der Waals surface area contributed by atoms with E-state index in [1.165, 1.54) is 0 Å². The highest BCUT2D eigenvalue weighted by atomic mass is 35.5. The van der Waals surface area contributed by atoms with Gasteiger partial charge in [-0.15, -0.1) is 0 Å². The number of halogens is 1. The van der Waals surface area contributed by atoms with Gasteiger partial charge in [-0.25, -0.2) is 13.4 Å². The summed E-state index contributed by atoms with van der Waals surface area (Å²) in [6.45, 7) is 2.28. The minimum Gasteiger partial charge on any atom is -0.371 e. The third kappa shape index (κ3) is 4.99. The molecule has 1 aromatic heterocycles. The first-order valence-electron chi connectivity index (χ1n) is 11.7. The normalized spacial score (nSPS) is 19.7. The molecule has 3 aromatic rings. The summed E-state index contributed by atoms with van der Waals surface area (Å²) in [5.74, 6) is -0.208. The quantitative estimate of drug-likeness (QED) is 0.544. The molecule has 1 amide bonds. The number of amides is 1. The topological polar surface area (TPSA) is 85.8 Å². The molecule has 2 aliphatic heterocycles. The van der Waals surface area contributed by atoms with Crippen LogP contribution in [0.2, 0.25) is 5.02 Å². The van der Waals surface area contributed by atoms with Gasteiger partial charge in [-0.1, -0.05) is 23.7 Å². The third-order valence-electron chi connectivity index (χ3n) is 6.97. The van der Waals surface area contributed by atoms with Crippen molar-refractivity contribution in [2.45, 2.75) is 36.2 Å². The molecular formula is C25H28ClN5O3S. The average molecular weight is 514 g/mol. The van der Waals surface area contributed by atoms with Crippen molar-refractivity contribution in [2.24, 2.45) is 0 Å². The van der Waals surface area contributed by atoms with E-state index in [9.17, 15) is 13.2 Å². The Kier molecular flexibility index (Phi) is 6.67. The fraction of sp³-hybridized carbons (Fsp3) is 0.360. The van der Waals surface area contributed by atoms with E-state index in [0.717, 1.165) is 42.4 Å². The molecule has 10 heteroatoms. The highest BCUT2D eigenvalue weighted by molar-refractivity contribution is 7.89. The summed E-state index contributed by atoms with van der Waals surface area (Å²) >= 11 is 6.03. The lowest BCUT2D eigenvalue weighted by atomic mass is 10.0. The van der Waals surface area contributed by atoms with Crippen LogP contribution in [0.3, 0.4) is 0 Å². The molecule has 0 spiro atoms. The molecule has 35 heavy (non-hydrogen) atoms. The molecule has 0 radical (unpaired) electrons. The number of sulfonamides is 1. The van der Waals surface area contributed by atoms with Crippen LogP contribution in [0.15, 0.2) is 65.8 Å². The van der Waals surface area contributed by atoms with Crippen molar-refractivity contribution < 1.29 is 13.2 Å². The van der Waals surface area contributed by atoms with Crippen LogP contribution in [0, 0.1) is 0 Å². The lowest BCUT2D eigenvalue weighted by Gasteiger charge is -2.41. The van der Waals surface area contributed by atoms with Gasteiger partial charge in [-0.2, -0.15) is 4.72 Å². The van der Waals surface area contributed by atoms with Crippen LogP contribution in [0.25, 0.3) is 10.8 Å². The van der Waals surface area contributed by atoms with Crippen molar-refractivity contribution in [2.75, 3.05) is 31.6 Å². The molecule has 1 atom stereocenters. The van der Waals surface area contributed by atoms with Crippen LogP contribution in [0.5, 0.6) is 0 Å². The summed E-state index contributed by atoms with van der Waals surface area (Å²) in [6, 6.07) is 13.6. The maximum absolute atomic E-state index is 13.2. The monoisotopic (exact) mass is 513 g/mol. The van der Waals surface area contributed by atoms with Crippen molar-refractivity contribution in [1.29, 1.82) is 0 Å². The molecule has 184 valence electrons. The molecule has 0 aliphatic carbocycles. The molecule has 8 nitrogen and oxygen atoms in total. The molecule has 0 unspecified atom stereocenters. The number of hydrazine groups is 1. The molecule has 2 saturated heterocycles. The van der Waals surface area contributed by atoms with Crippen LogP contribution in [-0.4, -0.2) is 68.1 Å². The van der Waals surface area contributed by atoms with Gasteiger partial charge in [0.05, 0.1) is 4.90 Å². The van der Waals surface area contributed by atoms with Crippen LogP contribution in [0.4, 0.5) is 5.69 Å². The van der Waals surface area contributed by atoms with Crippen LogP contribution in [-0.2, 0) is 14.8 Å². The van der Waals surface area contributed by atoms with Crippen molar-refractivity contribution in [3.8, 4) is 0 Å². The van der Waals surface area contributed by atoms with Crippen LogP contribution in [0.1, 0.15) is 19.3 Å². The molecule has 2 fully saturated rings. The van der Waals surface area contributed by atoms with E-state index in [-0.39, 0.29) is 16.8 Å². The van der Waals surface area contributed by atoms with Gasteiger partial charge in [0.15, 0.2) is 0 Å². The van der Waals surface area contributed by atoms with Gasteiger partial charge in [0.25, 0.3) is 5.91 Å². The lowest BCUT2D eigenvalue weighted by Crippen LogP contribution is -2.53. The number of hydrogen-bond donors (Lipinski definition) is 1. The van der Waals surface area contributed by atoms with Crippen molar-refractivity contribution in [3.05, 3.63) is 65.9 Å². The SMILES string of the molecule is CN(C1CCN(c2ccncc2)CC1)N1CC[C@H](NS(=O)(=O)c2ccc3cc(Cl)ccc3c2)C1=O. The maximum Gasteiger partial charge on any atom is 0.255 e. The minimum atomic E-state index is -3.85. The molecule has 3 heterocycles. The zero-order chi connectivity index (χ0) is 24.6. The number of benzene rings is 2. The van der Waals surface area contributed by atoms with E-state index >= 15 is 0 Å². The Morgan fingerprint density at radius 1 is 0.971 bits per heavy atom. The predicted octanol–water partition coefficient (Wildman–Crippen LogP) is 3.28. The van der Waals surface area contributed by atoms with E-state index in [0.29, 0.717) is 18.0 Å². The van der Waals surface area contributed by atoms with E-state index < -0.39 is 16.1 Å². The Morgan fingerprint density at radius 3 is 2.40 bits per heavy atom. The number of rotatable bonds is 6. The molecule has 5 rings (SSSR count).